The number of likely N-dealkylation sites (tertiary alicyclic amines) is 1. The summed E-state index contributed by atoms with van der Waals surface area (Å²) in [5.74, 6) is 1.12. The molecule has 3 atom stereocenters. The van der Waals surface area contributed by atoms with Crippen molar-refractivity contribution in [3.63, 3.8) is 0 Å². The van der Waals surface area contributed by atoms with Crippen LogP contribution >= 0.6 is 0 Å². The number of ether oxygens (including phenoxy) is 2. The third-order valence-corrected chi connectivity index (χ3v) is 5.83. The number of carbonyl (C=O) groups excluding carboxylic acids is 2. The molecular formula is C24H31N3O4. The summed E-state index contributed by atoms with van der Waals surface area (Å²) >= 11 is 0. The van der Waals surface area contributed by atoms with Crippen LogP contribution in [0.2, 0.25) is 0 Å². The Balaban J connectivity index is 1.29. The number of hydrogen-bond acceptors (Lipinski definition) is 5. The average molecular weight is 426 g/mol. The van der Waals surface area contributed by atoms with E-state index in [-0.39, 0.29) is 29.8 Å². The van der Waals surface area contributed by atoms with Crippen molar-refractivity contribution in [2.24, 2.45) is 17.8 Å². The predicted molar refractivity (Wildman–Crippen MR) is 118 cm³/mol. The Bertz CT molecular complexity index is 980. The second kappa shape index (κ2) is 7.70. The van der Waals surface area contributed by atoms with Gasteiger partial charge in [-0.3, -0.25) is 9.78 Å². The topological polar surface area (TPSA) is 80.8 Å². The van der Waals surface area contributed by atoms with E-state index >= 15 is 0 Å². The van der Waals surface area contributed by atoms with Crippen molar-refractivity contribution in [3.8, 4) is 5.75 Å². The van der Waals surface area contributed by atoms with Crippen molar-refractivity contribution >= 4 is 22.8 Å². The Morgan fingerprint density at radius 1 is 1.10 bits per heavy atom. The summed E-state index contributed by atoms with van der Waals surface area (Å²) in [5.41, 5.74) is -1.04. The third-order valence-electron chi connectivity index (χ3n) is 5.83. The summed E-state index contributed by atoms with van der Waals surface area (Å²) in [4.78, 5) is 31.0. The van der Waals surface area contributed by atoms with Gasteiger partial charge in [-0.15, -0.1) is 0 Å². The number of amides is 2. The second-order valence-corrected chi connectivity index (χ2v) is 10.3. The van der Waals surface area contributed by atoms with Gasteiger partial charge in [-0.2, -0.15) is 0 Å². The lowest BCUT2D eigenvalue weighted by Gasteiger charge is -2.28. The Morgan fingerprint density at radius 2 is 1.77 bits per heavy atom. The predicted octanol–water partition coefficient (Wildman–Crippen LogP) is 3.62. The van der Waals surface area contributed by atoms with E-state index in [9.17, 15) is 9.59 Å². The van der Waals surface area contributed by atoms with E-state index in [2.05, 4.69) is 10.3 Å². The van der Waals surface area contributed by atoms with Crippen molar-refractivity contribution in [2.75, 3.05) is 19.7 Å². The number of pyridine rings is 1. The number of nitrogens with zero attached hydrogens (tertiary/aromatic N) is 2. The zero-order valence-corrected chi connectivity index (χ0v) is 18.8. The van der Waals surface area contributed by atoms with E-state index in [0.717, 1.165) is 10.8 Å². The fourth-order valence-corrected chi connectivity index (χ4v) is 4.31. The van der Waals surface area contributed by atoms with Crippen LogP contribution in [-0.2, 0) is 9.53 Å². The van der Waals surface area contributed by atoms with E-state index < -0.39 is 11.1 Å². The molecule has 1 aromatic carbocycles. The monoisotopic (exact) mass is 425 g/mol. The van der Waals surface area contributed by atoms with E-state index in [4.69, 9.17) is 9.47 Å². The zero-order chi connectivity index (χ0) is 22.4. The van der Waals surface area contributed by atoms with Crippen LogP contribution in [0.4, 0.5) is 4.79 Å². The van der Waals surface area contributed by atoms with Gasteiger partial charge in [0.25, 0.3) is 0 Å². The Hall–Kier alpha value is -2.83. The number of carbonyl (C=O) groups is 2. The molecule has 2 aromatic rings. The van der Waals surface area contributed by atoms with Gasteiger partial charge in [-0.1, -0.05) is 24.3 Å². The van der Waals surface area contributed by atoms with Gasteiger partial charge in [0.2, 0.25) is 5.91 Å². The summed E-state index contributed by atoms with van der Waals surface area (Å²) in [5, 5.41) is 5.14. The normalized spacial score (nSPS) is 22.7. The number of nitrogens with one attached hydrogen (secondary N) is 1. The van der Waals surface area contributed by atoms with Crippen LogP contribution in [0.5, 0.6) is 5.75 Å². The lowest BCUT2D eigenvalue weighted by atomic mass is 10.1. The Morgan fingerprint density at radius 3 is 2.45 bits per heavy atom. The number of benzene rings is 1. The molecule has 2 aliphatic rings. The van der Waals surface area contributed by atoms with Gasteiger partial charge in [0.15, 0.2) is 0 Å². The maximum absolute atomic E-state index is 12.8. The maximum atomic E-state index is 12.8. The minimum absolute atomic E-state index is 0.0310. The summed E-state index contributed by atoms with van der Waals surface area (Å²) in [6.45, 7) is 11.0. The average Bonchev–Trinajstić information content (AvgIpc) is 3.19. The summed E-state index contributed by atoms with van der Waals surface area (Å²) in [6.07, 6.45) is 3.22. The smallest absolute Gasteiger partial charge is 0.410 e. The van der Waals surface area contributed by atoms with Crippen LogP contribution in [0.25, 0.3) is 10.8 Å². The first-order valence-electron chi connectivity index (χ1n) is 10.8. The molecule has 166 valence electrons. The van der Waals surface area contributed by atoms with Crippen molar-refractivity contribution in [1.29, 1.82) is 0 Å². The standard InChI is InChI=1S/C24H31N3O4/c1-23(2,3)31-22(29)27-12-17-18(13-27)20(17)21(28)26-24(4,5)14-30-19-11-25-10-15-8-6-7-9-16(15)19/h6-11,17-18,20H,12-14H2,1-5H3,(H,26,28)/t17-,18+,20+. The fourth-order valence-electron chi connectivity index (χ4n) is 4.31. The molecule has 1 aliphatic heterocycles. The van der Waals surface area contributed by atoms with Gasteiger partial charge in [-0.25, -0.2) is 4.79 Å². The minimum Gasteiger partial charge on any atom is -0.489 e. The molecule has 2 fully saturated rings. The fraction of sp³-hybridized carbons (Fsp3) is 0.542. The SMILES string of the molecule is CC(C)(COc1cncc2ccccc12)NC(=O)[C@H]1[C@@H]2CN(C(=O)OC(C)(C)C)C[C@@H]21. The number of piperidine rings is 1. The highest BCUT2D eigenvalue weighted by atomic mass is 16.6. The highest BCUT2D eigenvalue weighted by molar-refractivity contribution is 5.87. The van der Waals surface area contributed by atoms with Crippen molar-refractivity contribution in [1.82, 2.24) is 15.2 Å². The number of fused-ring (bicyclic) bond motifs is 2. The highest BCUT2D eigenvalue weighted by Gasteiger charge is 2.61. The van der Waals surface area contributed by atoms with E-state index in [1.807, 2.05) is 65.1 Å². The minimum atomic E-state index is -0.532. The molecular weight excluding hydrogens is 394 g/mol. The number of rotatable bonds is 5. The number of hydrogen-bond donors (Lipinski definition) is 1. The van der Waals surface area contributed by atoms with E-state index in [1.54, 1.807) is 11.1 Å². The van der Waals surface area contributed by atoms with Crippen LogP contribution < -0.4 is 10.1 Å². The highest BCUT2D eigenvalue weighted by Crippen LogP contribution is 2.52. The largest absolute Gasteiger partial charge is 0.489 e. The van der Waals surface area contributed by atoms with Gasteiger partial charge in [-0.05, 0) is 46.5 Å². The molecule has 0 bridgehead atoms. The second-order valence-electron chi connectivity index (χ2n) is 10.3. The van der Waals surface area contributed by atoms with Gasteiger partial charge >= 0.3 is 6.09 Å². The summed E-state index contributed by atoms with van der Waals surface area (Å²) < 4.78 is 11.5. The van der Waals surface area contributed by atoms with Crippen molar-refractivity contribution in [3.05, 3.63) is 36.7 Å². The van der Waals surface area contributed by atoms with Gasteiger partial charge < -0.3 is 19.7 Å². The van der Waals surface area contributed by atoms with Crippen molar-refractivity contribution in [2.45, 2.75) is 45.8 Å². The summed E-state index contributed by atoms with van der Waals surface area (Å²) in [7, 11) is 0. The van der Waals surface area contributed by atoms with E-state index in [0.29, 0.717) is 25.4 Å². The van der Waals surface area contributed by atoms with Crippen molar-refractivity contribution < 1.29 is 19.1 Å². The molecule has 7 heteroatoms. The first-order chi connectivity index (χ1) is 14.5. The summed E-state index contributed by atoms with van der Waals surface area (Å²) in [6, 6.07) is 7.93. The lowest BCUT2D eigenvalue weighted by Crippen LogP contribution is -2.49. The quantitative estimate of drug-likeness (QED) is 0.791. The lowest BCUT2D eigenvalue weighted by molar-refractivity contribution is -0.125. The molecule has 1 saturated carbocycles. The number of aromatic nitrogens is 1. The van der Waals surface area contributed by atoms with Crippen LogP contribution in [0.3, 0.4) is 0 Å². The van der Waals surface area contributed by atoms with Gasteiger partial charge in [0.05, 0.1) is 11.7 Å². The molecule has 1 aliphatic carbocycles. The molecule has 7 nitrogen and oxygen atoms in total. The zero-order valence-electron chi connectivity index (χ0n) is 18.8. The molecule has 1 aromatic heterocycles. The first kappa shape index (κ1) is 21.4. The Labute approximate surface area is 183 Å². The molecule has 0 radical (unpaired) electrons. The van der Waals surface area contributed by atoms with Crippen LogP contribution in [0.1, 0.15) is 34.6 Å². The van der Waals surface area contributed by atoms with Crippen LogP contribution in [0.15, 0.2) is 36.7 Å². The maximum Gasteiger partial charge on any atom is 0.410 e. The van der Waals surface area contributed by atoms with Crippen LogP contribution in [-0.4, -0.2) is 52.7 Å². The molecule has 31 heavy (non-hydrogen) atoms. The molecule has 4 rings (SSSR count). The molecule has 0 spiro atoms. The van der Waals surface area contributed by atoms with Crippen LogP contribution in [0, 0.1) is 17.8 Å². The molecule has 2 amide bonds. The molecule has 1 N–H and O–H groups in total. The molecule has 2 heterocycles. The van der Waals surface area contributed by atoms with E-state index in [1.165, 1.54) is 0 Å². The molecule has 1 saturated heterocycles. The molecule has 0 unspecified atom stereocenters. The third kappa shape index (κ3) is 4.75. The Kier molecular flexibility index (Phi) is 5.31. The van der Waals surface area contributed by atoms with Gasteiger partial charge in [0, 0.05) is 36.0 Å². The first-order valence-corrected chi connectivity index (χ1v) is 10.8. The van der Waals surface area contributed by atoms with Gasteiger partial charge in [0.1, 0.15) is 18.0 Å².